The first-order valence-electron chi connectivity index (χ1n) is 22.3. The van der Waals surface area contributed by atoms with Crippen molar-refractivity contribution < 1.29 is 37.6 Å². The summed E-state index contributed by atoms with van der Waals surface area (Å²) in [4.78, 5) is 34.7. The number of carbonyl (C=O) groups is 2. The molecule has 0 saturated heterocycles. The first-order valence-corrected chi connectivity index (χ1v) is 23.8. The molecule has 0 radical (unpaired) electrons. The molecule has 0 aromatic carbocycles. The summed E-state index contributed by atoms with van der Waals surface area (Å²) in [6, 6.07) is 0. The zero-order valence-corrected chi connectivity index (χ0v) is 35.4. The summed E-state index contributed by atoms with van der Waals surface area (Å²) in [6.07, 6.45) is 40.3. The highest BCUT2D eigenvalue weighted by Crippen LogP contribution is 2.43. The molecule has 0 amide bonds. The van der Waals surface area contributed by atoms with Crippen LogP contribution in [0.2, 0.25) is 0 Å². The van der Waals surface area contributed by atoms with Crippen LogP contribution in [-0.2, 0) is 32.7 Å². The Morgan fingerprint density at radius 1 is 0.442 bits per heavy atom. The molecule has 0 aliphatic rings. The average molecular weight is 761 g/mol. The van der Waals surface area contributed by atoms with Gasteiger partial charge in [0, 0.05) is 12.8 Å². The average Bonchev–Trinajstić information content (AvgIpc) is 3.12. The zero-order chi connectivity index (χ0) is 38.2. The summed E-state index contributed by atoms with van der Waals surface area (Å²) >= 11 is 0. The molecule has 0 saturated carbocycles. The van der Waals surface area contributed by atoms with Gasteiger partial charge in [-0.15, -0.1) is 0 Å². The van der Waals surface area contributed by atoms with Gasteiger partial charge in [0.15, 0.2) is 6.10 Å². The van der Waals surface area contributed by atoms with Crippen molar-refractivity contribution in [1.29, 1.82) is 0 Å². The molecule has 2 unspecified atom stereocenters. The van der Waals surface area contributed by atoms with E-state index in [9.17, 15) is 19.0 Å². The first kappa shape index (κ1) is 51.0. The van der Waals surface area contributed by atoms with E-state index in [-0.39, 0.29) is 32.2 Å². The SMILES string of the molecule is CCCCCCCCCCCCCCCCCCCCCCCCC(=O)OC(COC(=O)CCCCCCCCCCCC)COP(=O)(O)OCC. The van der Waals surface area contributed by atoms with Gasteiger partial charge in [0.1, 0.15) is 6.61 Å². The van der Waals surface area contributed by atoms with Crippen LogP contribution in [0.5, 0.6) is 0 Å². The van der Waals surface area contributed by atoms with Crippen molar-refractivity contribution in [3.63, 3.8) is 0 Å². The van der Waals surface area contributed by atoms with E-state index in [0.717, 1.165) is 38.5 Å². The summed E-state index contributed by atoms with van der Waals surface area (Å²) in [5.41, 5.74) is 0. The lowest BCUT2D eigenvalue weighted by Gasteiger charge is -2.19. The number of ether oxygens (including phenoxy) is 2. The monoisotopic (exact) mass is 761 g/mol. The fourth-order valence-corrected chi connectivity index (χ4v) is 7.39. The second-order valence-electron chi connectivity index (χ2n) is 15.1. The third-order valence-electron chi connectivity index (χ3n) is 9.91. The Balaban J connectivity index is 3.92. The van der Waals surface area contributed by atoms with Crippen LogP contribution in [-0.4, -0.2) is 42.8 Å². The smallest absolute Gasteiger partial charge is 0.462 e. The van der Waals surface area contributed by atoms with E-state index in [1.165, 1.54) is 167 Å². The lowest BCUT2D eigenvalue weighted by Crippen LogP contribution is -2.29. The molecule has 8 nitrogen and oxygen atoms in total. The molecule has 0 aromatic rings. The van der Waals surface area contributed by atoms with Crippen molar-refractivity contribution in [2.24, 2.45) is 0 Å². The quantitative estimate of drug-likeness (QED) is 0.0372. The maximum absolute atomic E-state index is 12.5. The molecule has 9 heteroatoms. The van der Waals surface area contributed by atoms with Gasteiger partial charge in [0.25, 0.3) is 0 Å². The summed E-state index contributed by atoms with van der Waals surface area (Å²) in [6.45, 7) is 5.50. The molecule has 0 bridgehead atoms. The molecule has 310 valence electrons. The summed E-state index contributed by atoms with van der Waals surface area (Å²) in [7, 11) is -4.27. The molecule has 0 aliphatic heterocycles. The van der Waals surface area contributed by atoms with Gasteiger partial charge in [-0.2, -0.15) is 0 Å². The fraction of sp³-hybridized carbons (Fsp3) is 0.953. The minimum Gasteiger partial charge on any atom is -0.462 e. The van der Waals surface area contributed by atoms with Crippen LogP contribution in [0.4, 0.5) is 0 Å². The van der Waals surface area contributed by atoms with Gasteiger partial charge in [-0.1, -0.05) is 206 Å². The molecule has 52 heavy (non-hydrogen) atoms. The maximum atomic E-state index is 12.5. The highest BCUT2D eigenvalue weighted by Gasteiger charge is 2.25. The lowest BCUT2D eigenvalue weighted by atomic mass is 10.0. The number of esters is 2. The number of phosphoric acid groups is 1. The zero-order valence-electron chi connectivity index (χ0n) is 34.5. The Kier molecular flexibility index (Phi) is 39.0. The van der Waals surface area contributed by atoms with Crippen LogP contribution in [0.15, 0.2) is 0 Å². The summed E-state index contributed by atoms with van der Waals surface area (Å²) < 4.78 is 32.6. The van der Waals surface area contributed by atoms with Gasteiger partial charge < -0.3 is 14.4 Å². The van der Waals surface area contributed by atoms with E-state index in [4.69, 9.17) is 18.5 Å². The highest BCUT2D eigenvalue weighted by molar-refractivity contribution is 7.47. The Hall–Kier alpha value is -0.950. The number of phosphoric ester groups is 1. The van der Waals surface area contributed by atoms with Gasteiger partial charge in [0.2, 0.25) is 0 Å². The standard InChI is InChI=1S/C43H85O8P/c1-4-7-9-11-13-15-17-18-19-20-21-22-23-24-25-26-27-28-30-32-34-36-38-43(45)51-41(40-50-52(46,47)49-6-3)39-48-42(44)37-35-33-31-29-16-14-12-10-8-5-2/h41H,4-40H2,1-3H3,(H,46,47). The fourth-order valence-electron chi connectivity index (χ4n) is 6.63. The van der Waals surface area contributed by atoms with Crippen LogP contribution in [0.25, 0.3) is 0 Å². The first-order chi connectivity index (χ1) is 25.3. The van der Waals surface area contributed by atoms with Crippen molar-refractivity contribution in [3.05, 3.63) is 0 Å². The molecule has 2 atom stereocenters. The maximum Gasteiger partial charge on any atom is 0.472 e. The van der Waals surface area contributed by atoms with Gasteiger partial charge in [0.05, 0.1) is 13.2 Å². The molecule has 0 fully saturated rings. The van der Waals surface area contributed by atoms with Crippen LogP contribution in [0.1, 0.15) is 239 Å². The van der Waals surface area contributed by atoms with Crippen molar-refractivity contribution in [3.8, 4) is 0 Å². The minimum absolute atomic E-state index is 0.00554. The number of hydrogen-bond acceptors (Lipinski definition) is 7. The van der Waals surface area contributed by atoms with Gasteiger partial charge in [-0.3, -0.25) is 18.6 Å². The van der Waals surface area contributed by atoms with E-state index in [1.807, 2.05) is 0 Å². The molecule has 0 heterocycles. The number of rotatable bonds is 42. The molecule has 0 aliphatic carbocycles. The minimum atomic E-state index is -4.27. The normalized spacial score (nSPS) is 13.2. The molecule has 0 rings (SSSR count). The third-order valence-corrected chi connectivity index (χ3v) is 11.0. The van der Waals surface area contributed by atoms with Gasteiger partial charge in [-0.05, 0) is 19.8 Å². The van der Waals surface area contributed by atoms with E-state index in [0.29, 0.717) is 6.42 Å². The van der Waals surface area contributed by atoms with Crippen molar-refractivity contribution in [2.75, 3.05) is 19.8 Å². The van der Waals surface area contributed by atoms with Crippen molar-refractivity contribution in [1.82, 2.24) is 0 Å². The molecule has 0 spiro atoms. The Labute approximate surface area is 321 Å². The number of carbonyl (C=O) groups excluding carboxylic acids is 2. The van der Waals surface area contributed by atoms with Crippen LogP contribution in [0.3, 0.4) is 0 Å². The van der Waals surface area contributed by atoms with Crippen LogP contribution in [0, 0.1) is 0 Å². The second kappa shape index (κ2) is 39.7. The van der Waals surface area contributed by atoms with E-state index >= 15 is 0 Å². The third kappa shape index (κ3) is 38.8. The topological polar surface area (TPSA) is 108 Å². The highest BCUT2D eigenvalue weighted by atomic mass is 31.2. The van der Waals surface area contributed by atoms with Crippen LogP contribution >= 0.6 is 7.82 Å². The van der Waals surface area contributed by atoms with E-state index in [2.05, 4.69) is 13.8 Å². The lowest BCUT2D eigenvalue weighted by molar-refractivity contribution is -0.161. The summed E-state index contributed by atoms with van der Waals surface area (Å²) in [5, 5.41) is 0. The Bertz CT molecular complexity index is 823. The second-order valence-corrected chi connectivity index (χ2v) is 16.5. The van der Waals surface area contributed by atoms with Crippen LogP contribution < -0.4 is 0 Å². The Morgan fingerprint density at radius 2 is 0.750 bits per heavy atom. The van der Waals surface area contributed by atoms with E-state index < -0.39 is 19.9 Å². The molecular formula is C43H85O8P. The Morgan fingerprint density at radius 3 is 1.08 bits per heavy atom. The van der Waals surface area contributed by atoms with E-state index in [1.54, 1.807) is 6.92 Å². The van der Waals surface area contributed by atoms with Crippen molar-refractivity contribution >= 4 is 19.8 Å². The summed E-state index contributed by atoms with van der Waals surface area (Å²) in [5.74, 6) is -0.783. The molecular weight excluding hydrogens is 675 g/mol. The predicted molar refractivity (Wildman–Crippen MR) is 217 cm³/mol. The molecule has 0 aromatic heterocycles. The van der Waals surface area contributed by atoms with Gasteiger partial charge >= 0.3 is 19.8 Å². The largest absolute Gasteiger partial charge is 0.472 e. The number of unbranched alkanes of at least 4 members (excludes halogenated alkanes) is 30. The van der Waals surface area contributed by atoms with Gasteiger partial charge in [-0.25, -0.2) is 4.57 Å². The molecule has 1 N–H and O–H groups in total. The number of hydrogen-bond donors (Lipinski definition) is 1. The van der Waals surface area contributed by atoms with Crippen molar-refractivity contribution in [2.45, 2.75) is 245 Å². The predicted octanol–water partition coefficient (Wildman–Crippen LogP) is 13.9.